The van der Waals surface area contributed by atoms with Gasteiger partial charge >= 0.3 is 0 Å². The van der Waals surface area contributed by atoms with Crippen LogP contribution < -0.4 is 9.64 Å². The van der Waals surface area contributed by atoms with E-state index in [-0.39, 0.29) is 0 Å². The zero-order chi connectivity index (χ0) is 14.5. The molecule has 0 aliphatic carbocycles. The first kappa shape index (κ1) is 15.2. The normalized spacial score (nSPS) is 10.4. The number of methoxy groups -OCH3 is 1. The van der Waals surface area contributed by atoms with Gasteiger partial charge in [0.2, 0.25) is 0 Å². The van der Waals surface area contributed by atoms with Crippen molar-refractivity contribution in [2.24, 2.45) is 0 Å². The Labute approximate surface area is 133 Å². The van der Waals surface area contributed by atoms with Crippen molar-refractivity contribution in [2.45, 2.75) is 11.9 Å². The number of hydrogen-bond donors (Lipinski definition) is 0. The van der Waals surface area contributed by atoms with E-state index >= 15 is 0 Å². The molecule has 0 atom stereocenters. The van der Waals surface area contributed by atoms with Gasteiger partial charge in [0.25, 0.3) is 0 Å². The van der Waals surface area contributed by atoms with Gasteiger partial charge in [-0.25, -0.2) is 0 Å². The summed E-state index contributed by atoms with van der Waals surface area (Å²) in [7, 11) is 3.75. The smallest absolute Gasteiger partial charge is 0.118 e. The van der Waals surface area contributed by atoms with E-state index in [1.165, 1.54) is 11.1 Å². The van der Waals surface area contributed by atoms with Crippen molar-refractivity contribution < 1.29 is 4.74 Å². The molecule has 0 spiro atoms. The lowest BCUT2D eigenvalue weighted by Crippen LogP contribution is -2.17. The lowest BCUT2D eigenvalue weighted by molar-refractivity contribution is 0.414. The molecule has 0 unspecified atom stereocenters. The summed E-state index contributed by atoms with van der Waals surface area (Å²) in [6, 6.07) is 14.1. The topological polar surface area (TPSA) is 12.5 Å². The number of anilines is 1. The molecule has 0 radical (unpaired) electrons. The molecule has 4 heteroatoms. The summed E-state index contributed by atoms with van der Waals surface area (Å²) in [6.07, 6.45) is 0. The molecule has 2 nitrogen and oxygen atoms in total. The summed E-state index contributed by atoms with van der Waals surface area (Å²) in [6.45, 7) is 0.824. The average Bonchev–Trinajstić information content (AvgIpc) is 2.48. The maximum Gasteiger partial charge on any atom is 0.118 e. The summed E-state index contributed by atoms with van der Waals surface area (Å²) >= 11 is 9.62. The largest absolute Gasteiger partial charge is 0.497 e. The minimum absolute atomic E-state index is 0.756. The highest BCUT2D eigenvalue weighted by atomic mass is 79.9. The Morgan fingerprint density at radius 3 is 2.45 bits per heavy atom. The molecule has 0 aliphatic heterocycles. The van der Waals surface area contributed by atoms with Crippen LogP contribution in [0.2, 0.25) is 5.02 Å². The zero-order valence-corrected chi connectivity index (χ0v) is 13.9. The fourth-order valence-electron chi connectivity index (χ4n) is 2.10. The van der Waals surface area contributed by atoms with Crippen molar-refractivity contribution in [3.05, 3.63) is 58.6 Å². The fourth-order valence-corrected chi connectivity index (χ4v) is 2.74. The minimum atomic E-state index is 0.756. The Bertz CT molecular complexity index is 571. The van der Waals surface area contributed by atoms with Crippen molar-refractivity contribution in [3.8, 4) is 5.75 Å². The molecule has 106 valence electrons. The summed E-state index contributed by atoms with van der Waals surface area (Å²) in [5.74, 6) is 0.875. The standard InChI is InChI=1S/C16H17BrClNO/c1-19(11-12-3-7-15(20-2)8-4-12)16-9-14(18)6-5-13(16)10-17/h3-9H,10-11H2,1-2H3. The highest BCUT2D eigenvalue weighted by molar-refractivity contribution is 9.08. The molecule has 0 fully saturated rings. The van der Waals surface area contributed by atoms with Crippen LogP contribution in [0.25, 0.3) is 0 Å². The van der Waals surface area contributed by atoms with Crippen LogP contribution >= 0.6 is 27.5 Å². The number of alkyl halides is 1. The predicted molar refractivity (Wildman–Crippen MR) is 89.2 cm³/mol. The van der Waals surface area contributed by atoms with Crippen LogP contribution in [0.5, 0.6) is 5.75 Å². The van der Waals surface area contributed by atoms with Crippen LogP contribution in [0, 0.1) is 0 Å². The number of rotatable bonds is 5. The van der Waals surface area contributed by atoms with Gasteiger partial charge in [-0.05, 0) is 35.4 Å². The lowest BCUT2D eigenvalue weighted by Gasteiger charge is -2.22. The lowest BCUT2D eigenvalue weighted by atomic mass is 10.1. The third-order valence-corrected chi connectivity index (χ3v) is 4.02. The van der Waals surface area contributed by atoms with E-state index in [0.717, 1.165) is 28.3 Å². The van der Waals surface area contributed by atoms with Gasteiger partial charge in [-0.1, -0.05) is 45.7 Å². The molecule has 0 heterocycles. The molecule has 0 bridgehead atoms. The Balaban J connectivity index is 2.18. The second-order valence-corrected chi connectivity index (χ2v) is 5.61. The first-order chi connectivity index (χ1) is 9.63. The van der Waals surface area contributed by atoms with Crippen molar-refractivity contribution >= 4 is 33.2 Å². The summed E-state index contributed by atoms with van der Waals surface area (Å²) in [5, 5.41) is 1.57. The van der Waals surface area contributed by atoms with Crippen molar-refractivity contribution in [2.75, 3.05) is 19.1 Å². The molecule has 0 aromatic heterocycles. The third-order valence-electron chi connectivity index (χ3n) is 3.18. The molecular formula is C16H17BrClNO. The Hall–Kier alpha value is -1.19. The molecule has 0 aliphatic rings. The Kier molecular flexibility index (Phi) is 5.32. The highest BCUT2D eigenvalue weighted by Crippen LogP contribution is 2.27. The van der Waals surface area contributed by atoms with Crippen molar-refractivity contribution in [1.29, 1.82) is 0 Å². The van der Waals surface area contributed by atoms with Gasteiger partial charge in [-0.3, -0.25) is 0 Å². The maximum absolute atomic E-state index is 6.10. The molecule has 20 heavy (non-hydrogen) atoms. The first-order valence-corrected chi connectivity index (χ1v) is 7.82. The number of nitrogens with zero attached hydrogens (tertiary/aromatic N) is 1. The zero-order valence-electron chi connectivity index (χ0n) is 11.6. The molecule has 0 saturated carbocycles. The number of ether oxygens (including phenoxy) is 1. The van der Waals surface area contributed by atoms with Gasteiger partial charge in [0.05, 0.1) is 7.11 Å². The fraction of sp³-hybridized carbons (Fsp3) is 0.250. The van der Waals surface area contributed by atoms with Crippen LogP contribution in [0.15, 0.2) is 42.5 Å². The minimum Gasteiger partial charge on any atom is -0.497 e. The van der Waals surface area contributed by atoms with E-state index in [2.05, 4.69) is 46.1 Å². The molecular weight excluding hydrogens is 338 g/mol. The van der Waals surface area contributed by atoms with Crippen LogP contribution in [0.3, 0.4) is 0 Å². The monoisotopic (exact) mass is 353 g/mol. The molecule has 2 rings (SSSR count). The Morgan fingerprint density at radius 2 is 1.85 bits per heavy atom. The van der Waals surface area contributed by atoms with E-state index in [1.54, 1.807) is 7.11 Å². The van der Waals surface area contributed by atoms with E-state index in [4.69, 9.17) is 16.3 Å². The average molecular weight is 355 g/mol. The van der Waals surface area contributed by atoms with Gasteiger partial charge in [-0.2, -0.15) is 0 Å². The highest BCUT2D eigenvalue weighted by Gasteiger charge is 2.08. The first-order valence-electron chi connectivity index (χ1n) is 6.32. The van der Waals surface area contributed by atoms with Crippen LogP contribution in [-0.2, 0) is 11.9 Å². The van der Waals surface area contributed by atoms with Crippen LogP contribution in [-0.4, -0.2) is 14.2 Å². The predicted octanol–water partition coefficient (Wildman–Crippen LogP) is 4.88. The quantitative estimate of drug-likeness (QED) is 0.710. The maximum atomic E-state index is 6.10. The van der Waals surface area contributed by atoms with Gasteiger partial charge in [-0.15, -0.1) is 0 Å². The summed E-state index contributed by atoms with van der Waals surface area (Å²) < 4.78 is 5.17. The molecule has 2 aromatic rings. The summed E-state index contributed by atoms with van der Waals surface area (Å²) in [4.78, 5) is 2.20. The van der Waals surface area contributed by atoms with E-state index < -0.39 is 0 Å². The molecule has 0 N–H and O–H groups in total. The number of benzene rings is 2. The Morgan fingerprint density at radius 1 is 1.15 bits per heavy atom. The van der Waals surface area contributed by atoms with E-state index in [1.807, 2.05) is 24.3 Å². The van der Waals surface area contributed by atoms with Crippen LogP contribution in [0.4, 0.5) is 5.69 Å². The third kappa shape index (κ3) is 3.68. The molecule has 0 amide bonds. The van der Waals surface area contributed by atoms with Crippen LogP contribution in [0.1, 0.15) is 11.1 Å². The number of hydrogen-bond acceptors (Lipinski definition) is 2. The molecule has 0 saturated heterocycles. The van der Waals surface area contributed by atoms with Gasteiger partial charge in [0, 0.05) is 29.6 Å². The second-order valence-electron chi connectivity index (χ2n) is 4.61. The number of halogens is 2. The van der Waals surface area contributed by atoms with Gasteiger partial charge < -0.3 is 9.64 Å². The second kappa shape index (κ2) is 7.00. The van der Waals surface area contributed by atoms with Gasteiger partial charge in [0.1, 0.15) is 5.75 Å². The molecule has 2 aromatic carbocycles. The van der Waals surface area contributed by atoms with Crippen molar-refractivity contribution in [1.82, 2.24) is 0 Å². The SMILES string of the molecule is COc1ccc(CN(C)c2cc(Cl)ccc2CBr)cc1. The van der Waals surface area contributed by atoms with E-state index in [9.17, 15) is 0 Å². The van der Waals surface area contributed by atoms with Gasteiger partial charge in [0.15, 0.2) is 0 Å². The van der Waals surface area contributed by atoms with Crippen molar-refractivity contribution in [3.63, 3.8) is 0 Å². The van der Waals surface area contributed by atoms with E-state index in [0.29, 0.717) is 0 Å². The summed E-state index contributed by atoms with van der Waals surface area (Å²) in [5.41, 5.74) is 3.60.